The van der Waals surface area contributed by atoms with Crippen molar-refractivity contribution in [2.75, 3.05) is 66.1 Å². The summed E-state index contributed by atoms with van der Waals surface area (Å²) < 4.78 is 31.0. The molecule has 0 atom stereocenters. The van der Waals surface area contributed by atoms with Gasteiger partial charge < -0.3 is 28.4 Å². The zero-order valence-corrected chi connectivity index (χ0v) is 19.0. The maximum absolute atomic E-state index is 11.5. The lowest BCUT2D eigenvalue weighted by Gasteiger charge is -2.08. The number of hydrogen-bond donors (Lipinski definition) is 0. The Morgan fingerprint density at radius 1 is 0.433 bits per heavy atom. The first-order valence-corrected chi connectivity index (χ1v) is 11.4. The van der Waals surface area contributed by atoms with Crippen LogP contribution in [0.4, 0.5) is 0 Å². The van der Waals surface area contributed by atoms with Gasteiger partial charge in [-0.2, -0.15) is 0 Å². The van der Waals surface area contributed by atoms with Gasteiger partial charge in [0.15, 0.2) is 0 Å². The van der Waals surface area contributed by atoms with Gasteiger partial charge in [-0.1, -0.05) is 52.4 Å². The third kappa shape index (κ3) is 21.5. The van der Waals surface area contributed by atoms with Crippen LogP contribution in [0.2, 0.25) is 0 Å². The molecule has 0 unspecified atom stereocenters. The summed E-state index contributed by atoms with van der Waals surface area (Å²) in [7, 11) is 0. The third-order valence-corrected chi connectivity index (χ3v) is 4.12. The van der Waals surface area contributed by atoms with Gasteiger partial charge in [-0.3, -0.25) is 0 Å². The predicted molar refractivity (Wildman–Crippen MR) is 113 cm³/mol. The molecule has 0 amide bonds. The summed E-state index contributed by atoms with van der Waals surface area (Å²) in [5, 5.41) is 0. The molecule has 0 saturated heterocycles. The number of unbranched alkanes of at least 4 members (excludes halogenated alkanes) is 6. The zero-order valence-electron chi connectivity index (χ0n) is 19.0. The summed E-state index contributed by atoms with van der Waals surface area (Å²) in [6.45, 7) is 8.09. The van der Waals surface area contributed by atoms with E-state index in [1.54, 1.807) is 0 Å². The number of carbonyl (C=O) groups excluding carboxylic acids is 2. The minimum atomic E-state index is -1.03. The molecule has 0 saturated carbocycles. The standard InChI is InChI=1S/C22H42O8/c1-3-5-7-9-11-25-13-15-27-17-19-29-21(23)22(24)30-20-18-28-16-14-26-12-10-8-6-4-2/h3-20H2,1-2H3. The van der Waals surface area contributed by atoms with Crippen LogP contribution in [0.15, 0.2) is 0 Å². The maximum Gasteiger partial charge on any atom is 0.417 e. The molecule has 8 nitrogen and oxygen atoms in total. The molecule has 0 spiro atoms. The topological polar surface area (TPSA) is 89.5 Å². The molecule has 0 bridgehead atoms. The van der Waals surface area contributed by atoms with E-state index in [9.17, 15) is 9.59 Å². The second kappa shape index (κ2) is 24.1. The molecular weight excluding hydrogens is 392 g/mol. The highest BCUT2D eigenvalue weighted by molar-refractivity contribution is 6.29. The smallest absolute Gasteiger partial charge is 0.417 e. The van der Waals surface area contributed by atoms with Crippen molar-refractivity contribution in [3.8, 4) is 0 Å². The molecule has 0 aromatic carbocycles. The Bertz CT molecular complexity index is 353. The van der Waals surface area contributed by atoms with Gasteiger partial charge in [-0.15, -0.1) is 0 Å². The van der Waals surface area contributed by atoms with Crippen LogP contribution in [0.1, 0.15) is 65.2 Å². The second-order valence-electron chi connectivity index (χ2n) is 6.84. The zero-order chi connectivity index (χ0) is 22.1. The summed E-state index contributed by atoms with van der Waals surface area (Å²) in [5.74, 6) is -2.05. The Morgan fingerprint density at radius 3 is 1.13 bits per heavy atom. The normalized spacial score (nSPS) is 10.9. The fourth-order valence-corrected chi connectivity index (χ4v) is 2.41. The van der Waals surface area contributed by atoms with E-state index in [0.717, 1.165) is 26.1 Å². The highest BCUT2D eigenvalue weighted by Gasteiger charge is 2.16. The van der Waals surface area contributed by atoms with Crippen LogP contribution in [0.3, 0.4) is 0 Å². The van der Waals surface area contributed by atoms with Gasteiger partial charge in [0.1, 0.15) is 13.2 Å². The molecule has 0 aliphatic rings. The average Bonchev–Trinajstić information content (AvgIpc) is 2.75. The first-order chi connectivity index (χ1) is 14.7. The predicted octanol–water partition coefficient (Wildman–Crippen LogP) is 3.30. The Kier molecular flexibility index (Phi) is 23.1. The van der Waals surface area contributed by atoms with Gasteiger partial charge >= 0.3 is 11.9 Å². The van der Waals surface area contributed by atoms with E-state index in [0.29, 0.717) is 26.4 Å². The van der Waals surface area contributed by atoms with Crippen molar-refractivity contribution >= 4 is 11.9 Å². The molecule has 30 heavy (non-hydrogen) atoms. The molecule has 0 N–H and O–H groups in total. The summed E-state index contributed by atoms with van der Waals surface area (Å²) in [6, 6.07) is 0. The molecule has 0 aliphatic carbocycles. The van der Waals surface area contributed by atoms with E-state index in [1.807, 2.05) is 0 Å². The number of hydrogen-bond acceptors (Lipinski definition) is 8. The van der Waals surface area contributed by atoms with Gasteiger partial charge in [0.05, 0.1) is 39.6 Å². The molecule has 0 aliphatic heterocycles. The Hall–Kier alpha value is -1.22. The van der Waals surface area contributed by atoms with Crippen LogP contribution in [0.5, 0.6) is 0 Å². The van der Waals surface area contributed by atoms with Crippen molar-refractivity contribution in [2.24, 2.45) is 0 Å². The lowest BCUT2D eigenvalue weighted by Crippen LogP contribution is -2.24. The van der Waals surface area contributed by atoms with Crippen LogP contribution < -0.4 is 0 Å². The fraction of sp³-hybridized carbons (Fsp3) is 0.909. The van der Waals surface area contributed by atoms with E-state index >= 15 is 0 Å². The molecule has 178 valence electrons. The van der Waals surface area contributed by atoms with E-state index in [-0.39, 0.29) is 26.4 Å². The van der Waals surface area contributed by atoms with E-state index < -0.39 is 11.9 Å². The summed E-state index contributed by atoms with van der Waals surface area (Å²) in [6.07, 6.45) is 9.36. The second-order valence-corrected chi connectivity index (χ2v) is 6.84. The van der Waals surface area contributed by atoms with Gasteiger partial charge in [0, 0.05) is 13.2 Å². The first-order valence-electron chi connectivity index (χ1n) is 11.4. The summed E-state index contributed by atoms with van der Waals surface area (Å²) in [5.41, 5.74) is 0. The van der Waals surface area contributed by atoms with Crippen molar-refractivity contribution in [3.05, 3.63) is 0 Å². The van der Waals surface area contributed by atoms with Crippen LogP contribution in [0, 0.1) is 0 Å². The number of ether oxygens (including phenoxy) is 6. The van der Waals surface area contributed by atoms with E-state index in [1.165, 1.54) is 38.5 Å². The number of esters is 2. The first kappa shape index (κ1) is 28.8. The lowest BCUT2D eigenvalue weighted by atomic mass is 10.2. The fourth-order valence-electron chi connectivity index (χ4n) is 2.41. The van der Waals surface area contributed by atoms with Gasteiger partial charge in [0.25, 0.3) is 0 Å². The number of rotatable bonds is 22. The van der Waals surface area contributed by atoms with Crippen molar-refractivity contribution in [2.45, 2.75) is 65.2 Å². The quantitative estimate of drug-likeness (QED) is 0.146. The summed E-state index contributed by atoms with van der Waals surface area (Å²) >= 11 is 0. The van der Waals surface area contributed by atoms with Gasteiger partial charge in [0.2, 0.25) is 0 Å². The molecule has 0 heterocycles. The Morgan fingerprint density at radius 2 is 0.767 bits per heavy atom. The molecular formula is C22H42O8. The Balaban J connectivity index is 3.32. The van der Waals surface area contributed by atoms with Crippen LogP contribution in [-0.4, -0.2) is 78.0 Å². The highest BCUT2D eigenvalue weighted by Crippen LogP contribution is 1.99. The van der Waals surface area contributed by atoms with Crippen molar-refractivity contribution in [3.63, 3.8) is 0 Å². The summed E-state index contributed by atoms with van der Waals surface area (Å²) in [4.78, 5) is 23.0. The SMILES string of the molecule is CCCCCCOCCOCCOC(=O)C(=O)OCCOCCOCCCCCC. The highest BCUT2D eigenvalue weighted by atomic mass is 16.6. The van der Waals surface area contributed by atoms with Gasteiger partial charge in [-0.05, 0) is 12.8 Å². The Labute approximate surface area is 181 Å². The van der Waals surface area contributed by atoms with Crippen LogP contribution >= 0.6 is 0 Å². The average molecular weight is 435 g/mol. The minimum Gasteiger partial charge on any atom is -0.455 e. The molecule has 0 fully saturated rings. The van der Waals surface area contributed by atoms with Crippen molar-refractivity contribution < 1.29 is 38.0 Å². The third-order valence-electron chi connectivity index (χ3n) is 4.12. The molecule has 0 aromatic rings. The van der Waals surface area contributed by atoms with Gasteiger partial charge in [-0.25, -0.2) is 9.59 Å². The molecule has 0 rings (SSSR count). The monoisotopic (exact) mass is 434 g/mol. The van der Waals surface area contributed by atoms with Crippen molar-refractivity contribution in [1.82, 2.24) is 0 Å². The minimum absolute atomic E-state index is 0.00344. The van der Waals surface area contributed by atoms with Crippen molar-refractivity contribution in [1.29, 1.82) is 0 Å². The molecule has 8 heteroatoms. The molecule has 0 aromatic heterocycles. The number of carbonyl (C=O) groups is 2. The van der Waals surface area contributed by atoms with E-state index in [2.05, 4.69) is 13.8 Å². The largest absolute Gasteiger partial charge is 0.455 e. The van der Waals surface area contributed by atoms with Crippen LogP contribution in [0.25, 0.3) is 0 Å². The van der Waals surface area contributed by atoms with E-state index in [4.69, 9.17) is 28.4 Å². The molecule has 0 radical (unpaired) electrons. The maximum atomic E-state index is 11.5. The lowest BCUT2D eigenvalue weighted by molar-refractivity contribution is -0.169. The van der Waals surface area contributed by atoms with Crippen LogP contribution in [-0.2, 0) is 38.0 Å².